The van der Waals surface area contributed by atoms with Crippen LogP contribution in [0, 0.1) is 11.8 Å². The Bertz CT molecular complexity index is 700. The van der Waals surface area contributed by atoms with Crippen LogP contribution in [-0.2, 0) is 16.0 Å². The number of carbonyl (C=O) groups is 2. The monoisotopic (exact) mass is 354 g/mol. The molecule has 4 heteroatoms. The number of rotatable bonds is 6. The van der Waals surface area contributed by atoms with Crippen molar-refractivity contribution in [2.24, 2.45) is 17.6 Å². The average Bonchev–Trinajstić information content (AvgIpc) is 3.04. The molecule has 2 aliphatic rings. The van der Waals surface area contributed by atoms with E-state index in [9.17, 15) is 9.59 Å². The number of nitrogens with two attached hydrogens (primary N) is 1. The van der Waals surface area contributed by atoms with Crippen molar-refractivity contribution in [3.05, 3.63) is 41.5 Å². The lowest BCUT2D eigenvalue weighted by Gasteiger charge is -2.35. The van der Waals surface area contributed by atoms with Crippen LogP contribution >= 0.6 is 0 Å². The number of likely N-dealkylation sites (tertiary alicyclic amines) is 1. The van der Waals surface area contributed by atoms with Crippen molar-refractivity contribution in [2.45, 2.75) is 52.0 Å². The molecule has 4 nitrogen and oxygen atoms in total. The van der Waals surface area contributed by atoms with Crippen LogP contribution in [0.2, 0.25) is 0 Å². The minimum Gasteiger partial charge on any atom is -0.341 e. The molecule has 3 rings (SSSR count). The molecular formula is C22H30N2O2. The van der Waals surface area contributed by atoms with Gasteiger partial charge in [0.1, 0.15) is 5.78 Å². The third kappa shape index (κ3) is 4.24. The molecule has 0 aromatic heterocycles. The Kier molecular flexibility index (Phi) is 5.92. The number of ketones is 1. The van der Waals surface area contributed by atoms with E-state index >= 15 is 0 Å². The highest BCUT2D eigenvalue weighted by Gasteiger charge is 2.28. The van der Waals surface area contributed by atoms with Crippen molar-refractivity contribution in [3.63, 3.8) is 0 Å². The molecule has 1 aliphatic carbocycles. The summed E-state index contributed by atoms with van der Waals surface area (Å²) >= 11 is 0. The van der Waals surface area contributed by atoms with Gasteiger partial charge in [0.15, 0.2) is 0 Å². The number of benzene rings is 1. The molecule has 1 saturated heterocycles. The van der Waals surface area contributed by atoms with Crippen LogP contribution in [0.5, 0.6) is 0 Å². The minimum atomic E-state index is -0.423. The number of nitrogens with zero attached hydrogens (tertiary/aromatic N) is 1. The first kappa shape index (κ1) is 18.8. The molecular weight excluding hydrogens is 324 g/mol. The molecule has 140 valence electrons. The third-order valence-electron chi connectivity index (χ3n) is 5.91. The van der Waals surface area contributed by atoms with Gasteiger partial charge in [-0.2, -0.15) is 0 Å². The average molecular weight is 354 g/mol. The summed E-state index contributed by atoms with van der Waals surface area (Å²) in [7, 11) is 0. The highest BCUT2D eigenvalue weighted by Crippen LogP contribution is 2.32. The van der Waals surface area contributed by atoms with Crippen molar-refractivity contribution in [1.29, 1.82) is 0 Å². The Balaban J connectivity index is 1.48. The van der Waals surface area contributed by atoms with E-state index in [1.807, 2.05) is 11.0 Å². The number of hydrogen-bond donors (Lipinski definition) is 1. The maximum absolute atomic E-state index is 12.6. The summed E-state index contributed by atoms with van der Waals surface area (Å²) < 4.78 is 0. The van der Waals surface area contributed by atoms with Crippen LogP contribution in [0.1, 0.15) is 50.7 Å². The summed E-state index contributed by atoms with van der Waals surface area (Å²) in [5.41, 5.74) is 9.46. The second kappa shape index (κ2) is 8.17. The molecule has 26 heavy (non-hydrogen) atoms. The SMILES string of the molecule is CC(CC(=O)CC1=CCc2ccccc21)C1CCN(C(=O)[C@H](C)N)CC1. The first-order valence-corrected chi connectivity index (χ1v) is 9.79. The zero-order valence-corrected chi connectivity index (χ0v) is 15.9. The van der Waals surface area contributed by atoms with Gasteiger partial charge in [-0.25, -0.2) is 0 Å². The zero-order valence-electron chi connectivity index (χ0n) is 15.9. The van der Waals surface area contributed by atoms with Crippen molar-refractivity contribution in [2.75, 3.05) is 13.1 Å². The lowest BCUT2D eigenvalue weighted by Crippen LogP contribution is -2.46. The summed E-state index contributed by atoms with van der Waals surface area (Å²) in [6, 6.07) is 7.94. The second-order valence-corrected chi connectivity index (χ2v) is 7.94. The van der Waals surface area contributed by atoms with Gasteiger partial charge in [0, 0.05) is 25.9 Å². The molecule has 1 amide bonds. The van der Waals surface area contributed by atoms with E-state index in [0.717, 1.165) is 32.4 Å². The van der Waals surface area contributed by atoms with Gasteiger partial charge in [-0.3, -0.25) is 9.59 Å². The fraction of sp³-hybridized carbons (Fsp3) is 0.545. The Labute approximate surface area is 156 Å². The quantitative estimate of drug-likeness (QED) is 0.853. The van der Waals surface area contributed by atoms with Crippen LogP contribution in [0.4, 0.5) is 0 Å². The molecule has 0 radical (unpaired) electrons. The van der Waals surface area contributed by atoms with Gasteiger partial charge >= 0.3 is 0 Å². The molecule has 1 aliphatic heterocycles. The Hall–Kier alpha value is -1.94. The largest absolute Gasteiger partial charge is 0.341 e. The first-order valence-electron chi connectivity index (χ1n) is 9.79. The maximum Gasteiger partial charge on any atom is 0.239 e. The van der Waals surface area contributed by atoms with E-state index in [2.05, 4.69) is 31.2 Å². The van der Waals surface area contributed by atoms with Crippen LogP contribution in [0.25, 0.3) is 5.57 Å². The topological polar surface area (TPSA) is 63.4 Å². The second-order valence-electron chi connectivity index (χ2n) is 7.94. The Morgan fingerprint density at radius 2 is 1.88 bits per heavy atom. The lowest BCUT2D eigenvalue weighted by molar-refractivity contribution is -0.134. The fourth-order valence-corrected chi connectivity index (χ4v) is 4.31. The molecule has 2 N–H and O–H groups in total. The summed E-state index contributed by atoms with van der Waals surface area (Å²) in [6.45, 7) is 5.46. The van der Waals surface area contributed by atoms with Gasteiger partial charge in [0.25, 0.3) is 0 Å². The van der Waals surface area contributed by atoms with Gasteiger partial charge < -0.3 is 10.6 Å². The van der Waals surface area contributed by atoms with Crippen LogP contribution < -0.4 is 5.73 Å². The van der Waals surface area contributed by atoms with Gasteiger partial charge in [-0.05, 0) is 54.7 Å². The molecule has 1 unspecified atom stereocenters. The number of allylic oxidation sites excluding steroid dienone is 2. The van der Waals surface area contributed by atoms with Crippen molar-refractivity contribution in [3.8, 4) is 0 Å². The summed E-state index contributed by atoms with van der Waals surface area (Å²) in [6.07, 6.45) is 6.26. The van der Waals surface area contributed by atoms with Crippen LogP contribution in [-0.4, -0.2) is 35.7 Å². The number of fused-ring (bicyclic) bond motifs is 1. The smallest absolute Gasteiger partial charge is 0.239 e. The Morgan fingerprint density at radius 1 is 1.19 bits per heavy atom. The molecule has 1 aromatic carbocycles. The number of amides is 1. The van der Waals surface area contributed by atoms with Gasteiger partial charge in [0.05, 0.1) is 6.04 Å². The molecule has 0 saturated carbocycles. The van der Waals surface area contributed by atoms with E-state index in [1.165, 1.54) is 16.7 Å². The zero-order chi connectivity index (χ0) is 18.7. The highest BCUT2D eigenvalue weighted by molar-refractivity contribution is 5.92. The molecule has 0 spiro atoms. The van der Waals surface area contributed by atoms with E-state index in [4.69, 9.17) is 5.73 Å². The Morgan fingerprint density at radius 3 is 2.58 bits per heavy atom. The molecule has 1 heterocycles. The lowest BCUT2D eigenvalue weighted by atomic mass is 9.81. The third-order valence-corrected chi connectivity index (χ3v) is 5.91. The van der Waals surface area contributed by atoms with Gasteiger partial charge in [-0.1, -0.05) is 37.3 Å². The first-order chi connectivity index (χ1) is 12.5. The van der Waals surface area contributed by atoms with Crippen LogP contribution in [0.3, 0.4) is 0 Å². The number of carbonyl (C=O) groups excluding carboxylic acids is 2. The predicted molar refractivity (Wildman–Crippen MR) is 104 cm³/mol. The number of hydrogen-bond acceptors (Lipinski definition) is 3. The van der Waals surface area contributed by atoms with E-state index < -0.39 is 6.04 Å². The van der Waals surface area contributed by atoms with Crippen LogP contribution in [0.15, 0.2) is 30.3 Å². The molecule has 1 aromatic rings. The summed E-state index contributed by atoms with van der Waals surface area (Å²) in [5.74, 6) is 1.25. The van der Waals surface area contributed by atoms with E-state index in [1.54, 1.807) is 6.92 Å². The standard InChI is InChI=1S/C22H30N2O2/c1-15(17-9-11-24(12-10-17)22(26)16(2)23)13-20(25)14-19-8-7-18-5-3-4-6-21(18)19/h3-6,8,15-17H,7,9-14,23H2,1-2H3/t15?,16-/m0/s1. The predicted octanol–water partition coefficient (Wildman–Crippen LogP) is 3.20. The normalized spacial score (nSPS) is 19.7. The van der Waals surface area contributed by atoms with Crippen molar-refractivity contribution < 1.29 is 9.59 Å². The van der Waals surface area contributed by atoms with Gasteiger partial charge in [-0.15, -0.1) is 0 Å². The van der Waals surface area contributed by atoms with Crippen molar-refractivity contribution in [1.82, 2.24) is 4.90 Å². The number of piperidine rings is 1. The number of Topliss-reactive ketones (excluding diaryl/α,β-unsaturated/α-hetero) is 1. The van der Waals surface area contributed by atoms with E-state index in [0.29, 0.717) is 30.5 Å². The minimum absolute atomic E-state index is 0.0408. The van der Waals surface area contributed by atoms with Gasteiger partial charge in [0.2, 0.25) is 5.91 Å². The summed E-state index contributed by atoms with van der Waals surface area (Å²) in [5, 5.41) is 0. The fourth-order valence-electron chi connectivity index (χ4n) is 4.31. The molecule has 1 fully saturated rings. The molecule has 2 atom stereocenters. The summed E-state index contributed by atoms with van der Waals surface area (Å²) in [4.78, 5) is 26.5. The molecule has 0 bridgehead atoms. The van der Waals surface area contributed by atoms with Crippen molar-refractivity contribution >= 4 is 17.3 Å². The highest BCUT2D eigenvalue weighted by atomic mass is 16.2. The van der Waals surface area contributed by atoms with E-state index in [-0.39, 0.29) is 5.91 Å². The maximum atomic E-state index is 12.6.